The van der Waals surface area contributed by atoms with Crippen molar-refractivity contribution in [1.82, 2.24) is 5.32 Å². The van der Waals surface area contributed by atoms with Crippen molar-refractivity contribution in [3.63, 3.8) is 0 Å². The van der Waals surface area contributed by atoms with Crippen LogP contribution in [-0.4, -0.2) is 40.0 Å². The Hall–Kier alpha value is 0.287. The lowest BCUT2D eigenvalue weighted by molar-refractivity contribution is 0.218. The third-order valence-corrected chi connectivity index (χ3v) is 11.8. The summed E-state index contributed by atoms with van der Waals surface area (Å²) in [5.74, 6) is -0.122. The van der Waals surface area contributed by atoms with Crippen molar-refractivity contribution in [3.8, 4) is 0 Å². The first-order valence-electron chi connectivity index (χ1n) is 8.86. The van der Waals surface area contributed by atoms with Crippen LogP contribution < -0.4 is 5.32 Å². The maximum absolute atomic E-state index is 12.6. The summed E-state index contributed by atoms with van der Waals surface area (Å²) >= 11 is 0. The zero-order valence-electron chi connectivity index (χ0n) is 16.0. The first kappa shape index (κ1) is 21.3. The molecular formula is C16H36NO4PSi. The Morgan fingerprint density at radius 3 is 2.13 bits per heavy atom. The van der Waals surface area contributed by atoms with Crippen molar-refractivity contribution < 1.29 is 18.0 Å². The van der Waals surface area contributed by atoms with Gasteiger partial charge in [0.05, 0.1) is 13.2 Å². The van der Waals surface area contributed by atoms with Crippen molar-refractivity contribution in [2.75, 3.05) is 19.8 Å². The van der Waals surface area contributed by atoms with Crippen LogP contribution in [0.15, 0.2) is 0 Å². The predicted molar refractivity (Wildman–Crippen MR) is 98.6 cm³/mol. The monoisotopic (exact) mass is 365 g/mol. The molecule has 1 rings (SSSR count). The van der Waals surface area contributed by atoms with Gasteiger partial charge >= 0.3 is 7.60 Å². The Morgan fingerprint density at radius 2 is 1.65 bits per heavy atom. The smallest absolute Gasteiger partial charge is 0.349 e. The molecule has 2 atom stereocenters. The molecule has 1 saturated heterocycles. The van der Waals surface area contributed by atoms with Crippen LogP contribution in [-0.2, 0) is 18.0 Å². The van der Waals surface area contributed by atoms with E-state index in [9.17, 15) is 4.57 Å². The van der Waals surface area contributed by atoms with Gasteiger partial charge in [-0.1, -0.05) is 20.8 Å². The molecule has 0 aromatic rings. The molecule has 0 radical (unpaired) electrons. The molecule has 0 unspecified atom stereocenters. The van der Waals surface area contributed by atoms with E-state index in [0.29, 0.717) is 13.2 Å². The van der Waals surface area contributed by atoms with E-state index < -0.39 is 15.9 Å². The van der Waals surface area contributed by atoms with Crippen LogP contribution in [0.3, 0.4) is 0 Å². The lowest BCUT2D eigenvalue weighted by atomic mass is 10.2. The van der Waals surface area contributed by atoms with E-state index in [0.717, 1.165) is 25.9 Å². The van der Waals surface area contributed by atoms with Crippen LogP contribution in [0.25, 0.3) is 0 Å². The molecule has 0 aromatic heterocycles. The van der Waals surface area contributed by atoms with Crippen molar-refractivity contribution in [2.24, 2.45) is 0 Å². The van der Waals surface area contributed by atoms with E-state index in [2.05, 4.69) is 39.2 Å². The predicted octanol–water partition coefficient (Wildman–Crippen LogP) is 4.74. The van der Waals surface area contributed by atoms with Crippen LogP contribution in [0.5, 0.6) is 0 Å². The number of unbranched alkanes of at least 4 members (excludes halogenated alkanes) is 1. The molecule has 1 fully saturated rings. The highest BCUT2D eigenvalue weighted by Crippen LogP contribution is 2.58. The zero-order chi connectivity index (χ0) is 17.7. The van der Waals surface area contributed by atoms with E-state index >= 15 is 0 Å². The number of hydrogen-bond acceptors (Lipinski definition) is 5. The summed E-state index contributed by atoms with van der Waals surface area (Å²) < 4.78 is 29.5. The molecule has 23 heavy (non-hydrogen) atoms. The average molecular weight is 366 g/mol. The first-order valence-corrected chi connectivity index (χ1v) is 13.4. The summed E-state index contributed by atoms with van der Waals surface area (Å²) in [5.41, 5.74) is 0. The molecule has 0 spiro atoms. The molecule has 5 nitrogen and oxygen atoms in total. The van der Waals surface area contributed by atoms with E-state index in [1.54, 1.807) is 0 Å². The highest BCUT2D eigenvalue weighted by Gasteiger charge is 2.51. The largest absolute Gasteiger partial charge is 0.417 e. The molecule has 0 bridgehead atoms. The summed E-state index contributed by atoms with van der Waals surface area (Å²) in [7, 11) is -4.61. The lowest BCUT2D eigenvalue weighted by Crippen LogP contribution is -2.40. The van der Waals surface area contributed by atoms with Gasteiger partial charge in [-0.3, -0.25) is 9.88 Å². The van der Waals surface area contributed by atoms with E-state index in [4.69, 9.17) is 13.5 Å². The molecule has 0 amide bonds. The summed E-state index contributed by atoms with van der Waals surface area (Å²) in [6.07, 6.45) is 3.11. The number of nitrogens with one attached hydrogen (secondary N) is 1. The standard InChI is InChI=1S/C16H36NO4PSi/c1-8-19-22(18,20-9-2)15-14(17-15)12-10-11-13-21-23(6,7)16(3,4)5/h14-15,17H,8-13H2,1-7H3/t14-,15-/m1/s1. The van der Waals surface area contributed by atoms with Crippen LogP contribution in [0.2, 0.25) is 18.1 Å². The quantitative estimate of drug-likeness (QED) is 0.248. The fourth-order valence-electron chi connectivity index (χ4n) is 2.28. The Kier molecular flexibility index (Phi) is 7.97. The summed E-state index contributed by atoms with van der Waals surface area (Å²) in [6, 6.07) is 0.256. The molecule has 138 valence electrons. The highest BCUT2D eigenvalue weighted by molar-refractivity contribution is 7.55. The Labute approximate surface area is 143 Å². The Bertz CT molecular complexity index is 401. The minimum atomic E-state index is -2.98. The van der Waals surface area contributed by atoms with E-state index in [1.165, 1.54) is 0 Å². The number of hydrogen-bond donors (Lipinski definition) is 1. The third kappa shape index (κ3) is 6.26. The second kappa shape index (κ2) is 8.59. The topological polar surface area (TPSA) is 66.7 Å². The van der Waals surface area contributed by atoms with Gasteiger partial charge in [-0.2, -0.15) is 0 Å². The van der Waals surface area contributed by atoms with Crippen molar-refractivity contribution >= 4 is 15.9 Å². The zero-order valence-corrected chi connectivity index (χ0v) is 17.9. The van der Waals surface area contributed by atoms with Gasteiger partial charge in [0.2, 0.25) is 0 Å². The molecule has 0 aliphatic carbocycles. The summed E-state index contributed by atoms with van der Waals surface area (Å²) in [5, 5.41) is 3.53. The maximum atomic E-state index is 12.6. The van der Waals surface area contributed by atoms with Gasteiger partial charge in [0, 0.05) is 12.6 Å². The highest BCUT2D eigenvalue weighted by atomic mass is 31.2. The van der Waals surface area contributed by atoms with Crippen LogP contribution in [0, 0.1) is 0 Å². The van der Waals surface area contributed by atoms with Gasteiger partial charge in [-0.15, -0.1) is 0 Å². The van der Waals surface area contributed by atoms with Crippen molar-refractivity contribution in [2.45, 2.75) is 83.8 Å². The molecule has 1 aliphatic heterocycles. The number of rotatable bonds is 11. The second-order valence-electron chi connectivity index (χ2n) is 7.70. The van der Waals surface area contributed by atoms with Crippen molar-refractivity contribution in [1.29, 1.82) is 0 Å². The summed E-state index contributed by atoms with van der Waals surface area (Å²) in [4.78, 5) is 0. The van der Waals surface area contributed by atoms with Crippen molar-refractivity contribution in [3.05, 3.63) is 0 Å². The molecular weight excluding hydrogens is 329 g/mol. The fraction of sp³-hybridized carbons (Fsp3) is 1.00. The van der Waals surface area contributed by atoms with E-state index in [-0.39, 0.29) is 16.9 Å². The van der Waals surface area contributed by atoms with Crippen LogP contribution in [0.1, 0.15) is 53.9 Å². The van der Waals surface area contributed by atoms with Gasteiger partial charge in [0.15, 0.2) is 8.32 Å². The third-order valence-electron chi connectivity index (χ3n) is 4.79. The van der Waals surface area contributed by atoms with E-state index in [1.807, 2.05) is 13.8 Å². The second-order valence-corrected chi connectivity index (χ2v) is 14.7. The van der Waals surface area contributed by atoms with Gasteiger partial charge in [-0.25, -0.2) is 0 Å². The fourth-order valence-corrected chi connectivity index (χ4v) is 5.45. The Balaban J connectivity index is 2.25. The molecule has 1 aliphatic rings. The first-order chi connectivity index (χ1) is 10.6. The minimum Gasteiger partial charge on any atom is -0.417 e. The SMILES string of the molecule is CCOP(=O)(OCC)[C@H]1N[C@@H]1CCCCO[Si](C)(C)C(C)(C)C. The molecule has 7 heteroatoms. The molecule has 0 saturated carbocycles. The Morgan fingerprint density at radius 1 is 1.09 bits per heavy atom. The van der Waals surface area contributed by atoms with Gasteiger partial charge in [-0.05, 0) is 51.2 Å². The van der Waals surface area contributed by atoms with Crippen LogP contribution in [0.4, 0.5) is 0 Å². The normalized spacial score (nSPS) is 22.4. The van der Waals surface area contributed by atoms with Gasteiger partial charge in [0.1, 0.15) is 5.78 Å². The maximum Gasteiger partial charge on any atom is 0.349 e. The average Bonchev–Trinajstić information content (AvgIpc) is 3.17. The van der Waals surface area contributed by atoms with Gasteiger partial charge < -0.3 is 13.5 Å². The molecule has 1 heterocycles. The lowest BCUT2D eigenvalue weighted by Gasteiger charge is -2.36. The van der Waals surface area contributed by atoms with Gasteiger partial charge in [0.25, 0.3) is 0 Å². The molecule has 1 N–H and O–H groups in total. The summed E-state index contributed by atoms with van der Waals surface area (Å²) in [6.45, 7) is 16.7. The van der Waals surface area contributed by atoms with Crippen LogP contribution >= 0.6 is 7.60 Å². The minimum absolute atomic E-state index is 0.122. The molecule has 0 aromatic carbocycles.